The zero-order valence-corrected chi connectivity index (χ0v) is 15.3. The van der Waals surface area contributed by atoms with E-state index in [-0.39, 0.29) is 22.9 Å². The first-order chi connectivity index (χ1) is 12.3. The smallest absolute Gasteiger partial charge is 0.343 e. The molecule has 0 unspecified atom stereocenters. The van der Waals surface area contributed by atoms with Gasteiger partial charge in [0.05, 0.1) is 12.8 Å². The standard InChI is InChI=1S/C16H19N3O6S/c1-17-16(21)14-8-13(9-19(14)2)26(22,23)18-11-5-4-6-12(7-11)25-10-15(20)24-3/h4-9,18H,10H2,1-3H3,(H,17,21). The maximum atomic E-state index is 12.5. The number of nitrogens with one attached hydrogen (secondary N) is 2. The number of sulfonamides is 1. The van der Waals surface area contributed by atoms with Crippen molar-refractivity contribution >= 4 is 27.6 Å². The summed E-state index contributed by atoms with van der Waals surface area (Å²) in [4.78, 5) is 22.8. The topological polar surface area (TPSA) is 116 Å². The summed E-state index contributed by atoms with van der Waals surface area (Å²) in [5.74, 6) is -0.649. The van der Waals surface area contributed by atoms with E-state index in [0.717, 1.165) is 0 Å². The molecule has 0 fully saturated rings. The number of aryl methyl sites for hydroxylation is 1. The van der Waals surface area contributed by atoms with Gasteiger partial charge in [0.2, 0.25) is 0 Å². The largest absolute Gasteiger partial charge is 0.482 e. The quantitative estimate of drug-likeness (QED) is 0.684. The summed E-state index contributed by atoms with van der Waals surface area (Å²) in [6.07, 6.45) is 1.34. The molecule has 140 valence electrons. The first kappa shape index (κ1) is 19.3. The minimum Gasteiger partial charge on any atom is -0.482 e. The van der Waals surface area contributed by atoms with E-state index in [1.807, 2.05) is 0 Å². The zero-order chi connectivity index (χ0) is 19.3. The molecule has 2 N–H and O–H groups in total. The summed E-state index contributed by atoms with van der Waals surface area (Å²) in [6, 6.07) is 7.39. The fraction of sp³-hybridized carbons (Fsp3) is 0.250. The summed E-state index contributed by atoms with van der Waals surface area (Å²) >= 11 is 0. The number of methoxy groups -OCH3 is 1. The van der Waals surface area contributed by atoms with Gasteiger partial charge in [-0.25, -0.2) is 13.2 Å². The number of anilines is 1. The number of amides is 1. The molecule has 26 heavy (non-hydrogen) atoms. The number of ether oxygens (including phenoxy) is 2. The van der Waals surface area contributed by atoms with Crippen LogP contribution in [0.2, 0.25) is 0 Å². The molecule has 0 aliphatic carbocycles. The van der Waals surface area contributed by atoms with Crippen LogP contribution in [0.15, 0.2) is 41.4 Å². The maximum Gasteiger partial charge on any atom is 0.343 e. The van der Waals surface area contributed by atoms with E-state index in [1.54, 1.807) is 19.2 Å². The monoisotopic (exact) mass is 381 g/mol. The molecule has 0 bridgehead atoms. The molecule has 1 heterocycles. The van der Waals surface area contributed by atoms with Crippen molar-refractivity contribution in [2.24, 2.45) is 7.05 Å². The third kappa shape index (κ3) is 4.54. The van der Waals surface area contributed by atoms with Gasteiger partial charge in [-0.3, -0.25) is 9.52 Å². The summed E-state index contributed by atoms with van der Waals surface area (Å²) in [5.41, 5.74) is 0.459. The average Bonchev–Trinajstić information content (AvgIpc) is 3.01. The van der Waals surface area contributed by atoms with Gasteiger partial charge in [-0.2, -0.15) is 0 Å². The highest BCUT2D eigenvalue weighted by molar-refractivity contribution is 7.92. The van der Waals surface area contributed by atoms with E-state index in [2.05, 4.69) is 14.8 Å². The van der Waals surface area contributed by atoms with Crippen LogP contribution >= 0.6 is 0 Å². The Balaban J connectivity index is 2.19. The van der Waals surface area contributed by atoms with Crippen LogP contribution < -0.4 is 14.8 Å². The Morgan fingerprint density at radius 3 is 2.62 bits per heavy atom. The Morgan fingerprint density at radius 1 is 1.23 bits per heavy atom. The number of hydrogen-bond donors (Lipinski definition) is 2. The van der Waals surface area contributed by atoms with Crippen molar-refractivity contribution in [1.82, 2.24) is 9.88 Å². The summed E-state index contributed by atoms with van der Waals surface area (Å²) < 4.78 is 38.6. The number of carbonyl (C=O) groups is 2. The molecule has 10 heteroatoms. The van der Waals surface area contributed by atoms with E-state index in [9.17, 15) is 18.0 Å². The molecule has 0 spiro atoms. The second kappa shape index (κ2) is 7.91. The Hall–Kier alpha value is -3.01. The van der Waals surface area contributed by atoms with E-state index in [1.165, 1.54) is 43.1 Å². The predicted molar refractivity (Wildman–Crippen MR) is 93.6 cm³/mol. The van der Waals surface area contributed by atoms with E-state index < -0.39 is 21.9 Å². The van der Waals surface area contributed by atoms with Crippen molar-refractivity contribution in [3.05, 3.63) is 42.2 Å². The van der Waals surface area contributed by atoms with Crippen LogP contribution in [0.1, 0.15) is 10.5 Å². The highest BCUT2D eigenvalue weighted by Gasteiger charge is 2.20. The minimum atomic E-state index is -3.91. The highest BCUT2D eigenvalue weighted by atomic mass is 32.2. The normalized spacial score (nSPS) is 10.9. The first-order valence-electron chi connectivity index (χ1n) is 7.47. The first-order valence-corrected chi connectivity index (χ1v) is 8.96. The molecule has 0 saturated heterocycles. The SMILES string of the molecule is CNC(=O)c1cc(S(=O)(=O)Nc2cccc(OCC(=O)OC)c2)cn1C. The van der Waals surface area contributed by atoms with Gasteiger partial charge < -0.3 is 19.4 Å². The maximum absolute atomic E-state index is 12.5. The summed E-state index contributed by atoms with van der Waals surface area (Å²) in [6.45, 7) is -0.291. The fourth-order valence-electron chi connectivity index (χ4n) is 2.10. The van der Waals surface area contributed by atoms with Crippen molar-refractivity contribution in [2.45, 2.75) is 4.90 Å². The Kier molecular flexibility index (Phi) is 5.88. The van der Waals surface area contributed by atoms with E-state index >= 15 is 0 Å². The second-order valence-corrected chi connectivity index (χ2v) is 6.93. The Morgan fingerprint density at radius 2 is 1.96 bits per heavy atom. The molecule has 0 saturated carbocycles. The van der Waals surface area contributed by atoms with Crippen molar-refractivity contribution in [3.8, 4) is 5.75 Å². The van der Waals surface area contributed by atoms with Crippen molar-refractivity contribution in [2.75, 3.05) is 25.5 Å². The van der Waals surface area contributed by atoms with Crippen molar-refractivity contribution in [1.29, 1.82) is 0 Å². The van der Waals surface area contributed by atoms with Crippen molar-refractivity contribution in [3.63, 3.8) is 0 Å². The molecule has 0 aliphatic heterocycles. The molecule has 2 rings (SSSR count). The molecular weight excluding hydrogens is 362 g/mol. The Labute approximate surface area is 151 Å². The van der Waals surface area contributed by atoms with Crippen LogP contribution in [-0.2, 0) is 26.6 Å². The van der Waals surface area contributed by atoms with E-state index in [0.29, 0.717) is 5.75 Å². The predicted octanol–water partition coefficient (Wildman–Crippen LogP) is 0.737. The van der Waals surface area contributed by atoms with Crippen LogP contribution in [0.25, 0.3) is 0 Å². The number of benzene rings is 1. The lowest BCUT2D eigenvalue weighted by molar-refractivity contribution is -0.142. The lowest BCUT2D eigenvalue weighted by Crippen LogP contribution is -2.20. The summed E-state index contributed by atoms with van der Waals surface area (Å²) in [7, 11) is 0.366. The van der Waals surface area contributed by atoms with Gasteiger partial charge in [-0.05, 0) is 18.2 Å². The van der Waals surface area contributed by atoms with Crippen LogP contribution in [0.4, 0.5) is 5.69 Å². The fourth-order valence-corrected chi connectivity index (χ4v) is 3.22. The molecule has 9 nitrogen and oxygen atoms in total. The lowest BCUT2D eigenvalue weighted by atomic mass is 10.3. The van der Waals surface area contributed by atoms with Crippen LogP contribution in [0.5, 0.6) is 5.75 Å². The molecule has 1 aromatic heterocycles. The van der Waals surface area contributed by atoms with E-state index in [4.69, 9.17) is 4.74 Å². The zero-order valence-electron chi connectivity index (χ0n) is 14.5. The minimum absolute atomic E-state index is 0.0560. The molecule has 0 aliphatic rings. The second-order valence-electron chi connectivity index (χ2n) is 5.25. The molecule has 1 aromatic carbocycles. The lowest BCUT2D eigenvalue weighted by Gasteiger charge is -2.09. The molecule has 1 amide bonds. The van der Waals surface area contributed by atoms with Gasteiger partial charge in [0.15, 0.2) is 6.61 Å². The number of hydrogen-bond acceptors (Lipinski definition) is 6. The number of esters is 1. The van der Waals surface area contributed by atoms with Crippen LogP contribution in [0.3, 0.4) is 0 Å². The van der Waals surface area contributed by atoms with Gasteiger partial charge in [-0.1, -0.05) is 6.07 Å². The van der Waals surface area contributed by atoms with Crippen molar-refractivity contribution < 1.29 is 27.5 Å². The number of nitrogens with zero attached hydrogens (tertiary/aromatic N) is 1. The van der Waals surface area contributed by atoms with Gasteiger partial charge in [0, 0.05) is 26.4 Å². The number of carbonyl (C=O) groups excluding carboxylic acids is 2. The van der Waals surface area contributed by atoms with Gasteiger partial charge >= 0.3 is 5.97 Å². The highest BCUT2D eigenvalue weighted by Crippen LogP contribution is 2.22. The van der Waals surface area contributed by atoms with Gasteiger partial charge in [0.25, 0.3) is 15.9 Å². The molecule has 2 aromatic rings. The average molecular weight is 381 g/mol. The molecule has 0 radical (unpaired) electrons. The number of aromatic nitrogens is 1. The molecular formula is C16H19N3O6S. The van der Waals surface area contributed by atoms with Gasteiger partial charge in [-0.15, -0.1) is 0 Å². The summed E-state index contributed by atoms with van der Waals surface area (Å²) in [5, 5.41) is 2.44. The third-order valence-electron chi connectivity index (χ3n) is 3.42. The Bertz CT molecular complexity index is 920. The van der Waals surface area contributed by atoms with Crippen LogP contribution in [-0.4, -0.2) is 45.6 Å². The van der Waals surface area contributed by atoms with Crippen LogP contribution in [0, 0.1) is 0 Å². The molecule has 0 atom stereocenters. The number of rotatable bonds is 7. The van der Waals surface area contributed by atoms with Gasteiger partial charge in [0.1, 0.15) is 16.3 Å². The third-order valence-corrected chi connectivity index (χ3v) is 4.77.